The Balaban J connectivity index is 1.85. The highest BCUT2D eigenvalue weighted by Crippen LogP contribution is 2.41. The van der Waals surface area contributed by atoms with Crippen LogP contribution in [-0.4, -0.2) is 26.7 Å². The van der Waals surface area contributed by atoms with Gasteiger partial charge in [0.1, 0.15) is 30.5 Å². The number of ether oxygens (including phenoxy) is 1. The maximum absolute atomic E-state index is 12.9. The molecule has 2 heterocycles. The Morgan fingerprint density at radius 2 is 2.09 bits per heavy atom. The van der Waals surface area contributed by atoms with Gasteiger partial charge in [-0.05, 0) is 6.07 Å². The van der Waals surface area contributed by atoms with Crippen LogP contribution in [0.5, 0.6) is 5.75 Å². The molecule has 1 aromatic heterocycles. The van der Waals surface area contributed by atoms with E-state index in [9.17, 15) is 4.79 Å². The number of hydrogen-bond donors (Lipinski definition) is 0. The summed E-state index contributed by atoms with van der Waals surface area (Å²) in [5.74, 6) is 1.32. The summed E-state index contributed by atoms with van der Waals surface area (Å²) in [6.07, 6.45) is 3.64. The van der Waals surface area contributed by atoms with Gasteiger partial charge >= 0.3 is 0 Å². The zero-order valence-corrected chi connectivity index (χ0v) is 14.1. The minimum Gasteiger partial charge on any atom is -0.489 e. The Morgan fingerprint density at radius 3 is 2.70 bits per heavy atom. The van der Waals surface area contributed by atoms with E-state index in [-0.39, 0.29) is 23.8 Å². The molecule has 2 aromatic rings. The number of ketones is 1. The number of benzene rings is 1. The molecular formula is C18H23N3O2. The van der Waals surface area contributed by atoms with Crippen LogP contribution in [0.2, 0.25) is 0 Å². The van der Waals surface area contributed by atoms with Crippen LogP contribution in [0.1, 0.15) is 51.6 Å². The molecule has 1 aromatic carbocycles. The van der Waals surface area contributed by atoms with E-state index in [0.717, 1.165) is 5.75 Å². The standard InChI is InChI=1S/C18H23N3O2/c1-12-13-7-5-6-8-15(13)23-16(12)9-14(17(22)18(2,3)4)21-11-19-10-20-21/h5-8,10-12,14,16H,9H2,1-4H3. The van der Waals surface area contributed by atoms with E-state index in [0.29, 0.717) is 6.42 Å². The molecule has 0 radical (unpaired) electrons. The lowest BCUT2D eigenvalue weighted by molar-refractivity contribution is -0.130. The first-order valence-corrected chi connectivity index (χ1v) is 8.02. The molecule has 0 fully saturated rings. The largest absolute Gasteiger partial charge is 0.489 e. The molecule has 3 atom stereocenters. The van der Waals surface area contributed by atoms with Gasteiger partial charge < -0.3 is 4.74 Å². The molecule has 0 spiro atoms. The predicted molar refractivity (Wildman–Crippen MR) is 87.4 cm³/mol. The number of hydrogen-bond acceptors (Lipinski definition) is 4. The van der Waals surface area contributed by atoms with Crippen molar-refractivity contribution in [3.05, 3.63) is 42.5 Å². The topological polar surface area (TPSA) is 57.0 Å². The molecule has 5 heteroatoms. The molecule has 0 saturated heterocycles. The number of carbonyl (C=O) groups is 1. The van der Waals surface area contributed by atoms with E-state index in [1.54, 1.807) is 11.0 Å². The third-order valence-electron chi connectivity index (χ3n) is 4.50. The number of rotatable bonds is 4. The van der Waals surface area contributed by atoms with Crippen molar-refractivity contribution in [2.45, 2.75) is 52.2 Å². The summed E-state index contributed by atoms with van der Waals surface area (Å²) in [4.78, 5) is 16.9. The first-order valence-electron chi connectivity index (χ1n) is 8.02. The van der Waals surface area contributed by atoms with Crippen molar-refractivity contribution in [1.29, 1.82) is 0 Å². The fraction of sp³-hybridized carbons (Fsp3) is 0.500. The second-order valence-corrected chi connectivity index (χ2v) is 7.22. The predicted octanol–water partition coefficient (Wildman–Crippen LogP) is 3.39. The third kappa shape index (κ3) is 3.00. The van der Waals surface area contributed by atoms with E-state index in [1.807, 2.05) is 39.0 Å². The lowest BCUT2D eigenvalue weighted by Gasteiger charge is -2.27. The minimum atomic E-state index is -0.439. The van der Waals surface area contributed by atoms with Gasteiger partial charge in [-0.1, -0.05) is 45.9 Å². The summed E-state index contributed by atoms with van der Waals surface area (Å²) in [7, 11) is 0. The van der Waals surface area contributed by atoms with Crippen molar-refractivity contribution < 1.29 is 9.53 Å². The second-order valence-electron chi connectivity index (χ2n) is 7.22. The van der Waals surface area contributed by atoms with E-state index >= 15 is 0 Å². The zero-order valence-electron chi connectivity index (χ0n) is 14.1. The smallest absolute Gasteiger partial charge is 0.162 e. The quantitative estimate of drug-likeness (QED) is 0.868. The number of carbonyl (C=O) groups excluding carboxylic acids is 1. The molecule has 1 aliphatic rings. The number of fused-ring (bicyclic) bond motifs is 1. The fourth-order valence-electron chi connectivity index (χ4n) is 3.12. The van der Waals surface area contributed by atoms with Crippen LogP contribution in [-0.2, 0) is 4.79 Å². The van der Waals surface area contributed by atoms with Crippen LogP contribution >= 0.6 is 0 Å². The van der Waals surface area contributed by atoms with Crippen molar-refractivity contribution in [3.8, 4) is 5.75 Å². The number of nitrogens with zero attached hydrogens (tertiary/aromatic N) is 3. The summed E-state index contributed by atoms with van der Waals surface area (Å²) in [5, 5.41) is 4.20. The number of Topliss-reactive ketones (excluding diaryl/α,β-unsaturated/α-hetero) is 1. The highest BCUT2D eigenvalue weighted by molar-refractivity contribution is 5.87. The summed E-state index contributed by atoms with van der Waals surface area (Å²) in [6.45, 7) is 7.96. The molecule has 0 saturated carbocycles. The molecule has 0 N–H and O–H groups in total. The van der Waals surface area contributed by atoms with Gasteiger partial charge in [0.25, 0.3) is 0 Å². The van der Waals surface area contributed by atoms with E-state index in [2.05, 4.69) is 23.1 Å². The Bertz CT molecular complexity index is 689. The monoisotopic (exact) mass is 313 g/mol. The summed E-state index contributed by atoms with van der Waals surface area (Å²) in [6, 6.07) is 7.72. The Labute approximate surface area is 136 Å². The summed E-state index contributed by atoms with van der Waals surface area (Å²) < 4.78 is 7.76. The van der Waals surface area contributed by atoms with Gasteiger partial charge in [-0.25, -0.2) is 9.67 Å². The van der Waals surface area contributed by atoms with Gasteiger partial charge in [0.15, 0.2) is 5.78 Å². The molecule has 0 amide bonds. The van der Waals surface area contributed by atoms with Crippen LogP contribution in [0.25, 0.3) is 0 Å². The maximum atomic E-state index is 12.9. The van der Waals surface area contributed by atoms with Gasteiger partial charge in [0.05, 0.1) is 0 Å². The van der Waals surface area contributed by atoms with Crippen LogP contribution < -0.4 is 4.74 Å². The van der Waals surface area contributed by atoms with Gasteiger partial charge in [-0.2, -0.15) is 5.10 Å². The van der Waals surface area contributed by atoms with Crippen LogP contribution in [0.4, 0.5) is 0 Å². The zero-order chi connectivity index (χ0) is 16.6. The van der Waals surface area contributed by atoms with Crippen molar-refractivity contribution in [1.82, 2.24) is 14.8 Å². The highest BCUT2D eigenvalue weighted by atomic mass is 16.5. The second kappa shape index (κ2) is 5.80. The average molecular weight is 313 g/mol. The maximum Gasteiger partial charge on any atom is 0.162 e. The van der Waals surface area contributed by atoms with Crippen LogP contribution in [0.15, 0.2) is 36.9 Å². The minimum absolute atomic E-state index is 0.0344. The third-order valence-corrected chi connectivity index (χ3v) is 4.50. The SMILES string of the molecule is CC1c2ccccc2OC1CC(C(=O)C(C)(C)C)n1cncn1. The van der Waals surface area contributed by atoms with E-state index in [4.69, 9.17) is 4.74 Å². The molecule has 3 rings (SSSR count). The first-order chi connectivity index (χ1) is 10.9. The Morgan fingerprint density at radius 1 is 1.35 bits per heavy atom. The molecule has 0 bridgehead atoms. The van der Waals surface area contributed by atoms with E-state index in [1.165, 1.54) is 11.9 Å². The highest BCUT2D eigenvalue weighted by Gasteiger charge is 2.38. The van der Waals surface area contributed by atoms with Crippen LogP contribution in [0, 0.1) is 5.41 Å². The molecule has 0 aliphatic carbocycles. The Kier molecular flexibility index (Phi) is 3.96. The molecule has 5 nitrogen and oxygen atoms in total. The van der Waals surface area contributed by atoms with Gasteiger partial charge in [0.2, 0.25) is 0 Å². The molecule has 122 valence electrons. The Hall–Kier alpha value is -2.17. The van der Waals surface area contributed by atoms with Gasteiger partial charge in [-0.15, -0.1) is 0 Å². The lowest BCUT2D eigenvalue weighted by Crippen LogP contribution is -2.34. The van der Waals surface area contributed by atoms with Crippen molar-refractivity contribution >= 4 is 5.78 Å². The average Bonchev–Trinajstić information content (AvgIpc) is 3.12. The van der Waals surface area contributed by atoms with Gasteiger partial charge in [-0.3, -0.25) is 4.79 Å². The normalized spacial score (nSPS) is 21.6. The van der Waals surface area contributed by atoms with Crippen molar-refractivity contribution in [3.63, 3.8) is 0 Å². The fourth-order valence-corrected chi connectivity index (χ4v) is 3.12. The molecule has 23 heavy (non-hydrogen) atoms. The van der Waals surface area contributed by atoms with E-state index < -0.39 is 5.41 Å². The molecule has 3 unspecified atom stereocenters. The first kappa shape index (κ1) is 15.7. The van der Waals surface area contributed by atoms with Crippen LogP contribution in [0.3, 0.4) is 0 Å². The number of aromatic nitrogens is 3. The van der Waals surface area contributed by atoms with Gasteiger partial charge in [0, 0.05) is 23.3 Å². The van der Waals surface area contributed by atoms with Crippen molar-refractivity contribution in [2.75, 3.05) is 0 Å². The summed E-state index contributed by atoms with van der Waals surface area (Å²) in [5.41, 5.74) is 0.767. The summed E-state index contributed by atoms with van der Waals surface area (Å²) >= 11 is 0. The molecular weight excluding hydrogens is 290 g/mol. The molecule has 1 aliphatic heterocycles. The van der Waals surface area contributed by atoms with Crippen molar-refractivity contribution in [2.24, 2.45) is 5.41 Å². The number of para-hydroxylation sites is 1. The lowest BCUT2D eigenvalue weighted by atomic mass is 9.83.